The average molecular weight is 513 g/mol. The summed E-state index contributed by atoms with van der Waals surface area (Å²) < 4.78 is 0. The first-order chi connectivity index (χ1) is 17.4. The first-order valence-electron chi connectivity index (χ1n) is 13.2. The largest absolute Gasteiger partial charge is 0.356 e. The number of urea groups is 1. The van der Waals surface area contributed by atoms with Gasteiger partial charge in [0.25, 0.3) is 0 Å². The molecule has 10 heteroatoms. The van der Waals surface area contributed by atoms with Gasteiger partial charge in [0.05, 0.1) is 5.92 Å². The Morgan fingerprint density at radius 3 is 2.46 bits per heavy atom. The molecule has 1 aliphatic carbocycles. The summed E-state index contributed by atoms with van der Waals surface area (Å²) in [6, 6.07) is 8.89. The number of hydrogen-bond donors (Lipinski definition) is 3. The number of nitrogens with one attached hydrogen (secondary N) is 3. The summed E-state index contributed by atoms with van der Waals surface area (Å²) in [5.74, 6) is -0.658. The average Bonchev–Trinajstić information content (AvgIpc) is 3.14. The van der Waals surface area contributed by atoms with Crippen LogP contribution >= 0.6 is 0 Å². The predicted molar refractivity (Wildman–Crippen MR) is 138 cm³/mol. The van der Waals surface area contributed by atoms with Gasteiger partial charge >= 0.3 is 6.03 Å². The lowest BCUT2D eigenvalue weighted by Crippen LogP contribution is -2.66. The van der Waals surface area contributed by atoms with Crippen molar-refractivity contribution in [3.8, 4) is 0 Å². The molecule has 2 aliphatic heterocycles. The SMILES string of the molecule is CC(C)CNC(=O)C1CCC2C(=O)N(Cc3ccccc3)C3NN(CC(=O)NC(C)(C)C)C(=O)N3C2C1. The standard InChI is InChI=1S/C27H40N6O4/c1-17(2)14-28-23(35)19-11-12-20-21(13-19)33-25(31(24(20)36)15-18-9-7-6-8-10-18)30-32(26(33)37)16-22(34)29-27(3,4)5/h6-10,17,19-21,25,30H,11-16H2,1-5H3,(H,28,35)(H,29,34). The maximum atomic E-state index is 13.8. The summed E-state index contributed by atoms with van der Waals surface area (Å²) >= 11 is 0. The van der Waals surface area contributed by atoms with Crippen molar-refractivity contribution >= 4 is 23.8 Å². The quantitative estimate of drug-likeness (QED) is 0.517. The van der Waals surface area contributed by atoms with Crippen molar-refractivity contribution in [3.63, 3.8) is 0 Å². The highest BCUT2D eigenvalue weighted by molar-refractivity contribution is 5.89. The Morgan fingerprint density at radius 2 is 1.81 bits per heavy atom. The highest BCUT2D eigenvalue weighted by Crippen LogP contribution is 2.40. The molecule has 4 rings (SSSR count). The van der Waals surface area contributed by atoms with Gasteiger partial charge in [-0.15, -0.1) is 0 Å². The van der Waals surface area contributed by atoms with Crippen molar-refractivity contribution in [2.75, 3.05) is 13.1 Å². The summed E-state index contributed by atoms with van der Waals surface area (Å²) in [5.41, 5.74) is 3.65. The highest BCUT2D eigenvalue weighted by Gasteiger charge is 2.56. The summed E-state index contributed by atoms with van der Waals surface area (Å²) in [6.07, 6.45) is 0.843. The van der Waals surface area contributed by atoms with Crippen molar-refractivity contribution in [1.29, 1.82) is 0 Å². The van der Waals surface area contributed by atoms with Gasteiger partial charge in [0, 0.05) is 30.6 Å². The number of benzene rings is 1. The fraction of sp³-hybridized carbons (Fsp3) is 0.630. The number of carbonyl (C=O) groups is 4. The van der Waals surface area contributed by atoms with E-state index in [0.717, 1.165) is 5.56 Å². The minimum absolute atomic E-state index is 0.0242. The second kappa shape index (κ2) is 10.7. The number of hydrazine groups is 1. The molecular formula is C27H40N6O4. The van der Waals surface area contributed by atoms with Gasteiger partial charge < -0.3 is 15.5 Å². The molecule has 3 N–H and O–H groups in total. The summed E-state index contributed by atoms with van der Waals surface area (Å²) in [6.45, 7) is 10.5. The maximum absolute atomic E-state index is 13.8. The molecule has 2 saturated heterocycles. The predicted octanol–water partition coefficient (Wildman–Crippen LogP) is 2.03. The van der Waals surface area contributed by atoms with Crippen LogP contribution < -0.4 is 16.1 Å². The van der Waals surface area contributed by atoms with Crippen LogP contribution in [0.5, 0.6) is 0 Å². The summed E-state index contributed by atoms with van der Waals surface area (Å²) in [7, 11) is 0. The molecule has 0 spiro atoms. The van der Waals surface area contributed by atoms with E-state index in [2.05, 4.69) is 16.1 Å². The maximum Gasteiger partial charge on any atom is 0.337 e. The Balaban J connectivity index is 1.58. The molecule has 1 aromatic rings. The molecule has 2 heterocycles. The zero-order valence-corrected chi connectivity index (χ0v) is 22.5. The molecule has 1 saturated carbocycles. The molecule has 37 heavy (non-hydrogen) atoms. The minimum atomic E-state index is -0.721. The first kappa shape index (κ1) is 26.9. The third-order valence-corrected chi connectivity index (χ3v) is 7.12. The molecule has 0 bridgehead atoms. The zero-order chi connectivity index (χ0) is 26.9. The normalized spacial score (nSPS) is 25.7. The van der Waals surface area contributed by atoms with E-state index in [1.54, 1.807) is 9.80 Å². The monoisotopic (exact) mass is 512 g/mol. The van der Waals surface area contributed by atoms with Crippen LogP contribution in [-0.4, -0.2) is 69.5 Å². The molecule has 3 aliphatic rings. The molecular weight excluding hydrogens is 472 g/mol. The molecule has 0 radical (unpaired) electrons. The lowest BCUT2D eigenvalue weighted by Gasteiger charge is -2.49. The molecule has 5 amide bonds. The van der Waals surface area contributed by atoms with E-state index in [-0.39, 0.29) is 42.1 Å². The van der Waals surface area contributed by atoms with Crippen molar-refractivity contribution in [2.24, 2.45) is 17.8 Å². The number of rotatable bonds is 7. The number of hydrogen-bond acceptors (Lipinski definition) is 5. The number of nitrogens with zero attached hydrogens (tertiary/aromatic N) is 3. The second-order valence-electron chi connectivity index (χ2n) is 11.9. The van der Waals surface area contributed by atoms with Crippen LogP contribution in [0.1, 0.15) is 59.4 Å². The van der Waals surface area contributed by atoms with Gasteiger partial charge in [-0.25, -0.2) is 9.80 Å². The number of carbonyl (C=O) groups excluding carboxylic acids is 4. The topological polar surface area (TPSA) is 114 Å². The summed E-state index contributed by atoms with van der Waals surface area (Å²) in [4.78, 5) is 56.4. The number of fused-ring (bicyclic) bond motifs is 3. The molecule has 3 fully saturated rings. The van der Waals surface area contributed by atoms with Crippen molar-refractivity contribution in [2.45, 2.75) is 78.3 Å². The molecule has 202 valence electrons. The van der Waals surface area contributed by atoms with Gasteiger partial charge in [-0.3, -0.25) is 19.3 Å². The van der Waals surface area contributed by atoms with Crippen LogP contribution in [-0.2, 0) is 20.9 Å². The lowest BCUT2D eigenvalue weighted by molar-refractivity contribution is -0.159. The van der Waals surface area contributed by atoms with Gasteiger partial charge in [0.2, 0.25) is 17.7 Å². The Labute approximate surface area is 219 Å². The van der Waals surface area contributed by atoms with Gasteiger partial charge in [-0.05, 0) is 51.5 Å². The molecule has 4 unspecified atom stereocenters. The van der Waals surface area contributed by atoms with E-state index in [0.29, 0.717) is 38.3 Å². The molecule has 4 atom stereocenters. The van der Waals surface area contributed by atoms with E-state index in [1.807, 2.05) is 65.0 Å². The van der Waals surface area contributed by atoms with E-state index in [9.17, 15) is 19.2 Å². The molecule has 0 aromatic heterocycles. The summed E-state index contributed by atoms with van der Waals surface area (Å²) in [5, 5.41) is 7.19. The lowest BCUT2D eigenvalue weighted by atomic mass is 9.75. The van der Waals surface area contributed by atoms with E-state index >= 15 is 0 Å². The van der Waals surface area contributed by atoms with E-state index < -0.39 is 17.9 Å². The fourth-order valence-corrected chi connectivity index (χ4v) is 5.47. The van der Waals surface area contributed by atoms with Gasteiger partial charge in [0.15, 0.2) is 6.29 Å². The Kier molecular flexibility index (Phi) is 7.77. The van der Waals surface area contributed by atoms with Crippen LogP contribution in [0.25, 0.3) is 0 Å². The Bertz CT molecular complexity index is 1020. The number of amides is 5. The third kappa shape index (κ3) is 6.06. The van der Waals surface area contributed by atoms with Crippen molar-refractivity contribution < 1.29 is 19.2 Å². The van der Waals surface area contributed by atoms with Crippen molar-refractivity contribution in [3.05, 3.63) is 35.9 Å². The zero-order valence-electron chi connectivity index (χ0n) is 22.5. The minimum Gasteiger partial charge on any atom is -0.356 e. The van der Waals surface area contributed by atoms with Crippen LogP contribution in [0.3, 0.4) is 0 Å². The van der Waals surface area contributed by atoms with Gasteiger partial charge in [-0.2, -0.15) is 5.43 Å². The van der Waals surface area contributed by atoms with E-state index in [1.165, 1.54) is 5.01 Å². The van der Waals surface area contributed by atoms with Crippen LogP contribution in [0.2, 0.25) is 0 Å². The smallest absolute Gasteiger partial charge is 0.337 e. The van der Waals surface area contributed by atoms with Gasteiger partial charge in [-0.1, -0.05) is 44.2 Å². The molecule has 1 aromatic carbocycles. The first-order valence-corrected chi connectivity index (χ1v) is 13.2. The van der Waals surface area contributed by atoms with Gasteiger partial charge in [0.1, 0.15) is 6.54 Å². The van der Waals surface area contributed by atoms with Crippen LogP contribution in [0.4, 0.5) is 4.79 Å². The van der Waals surface area contributed by atoms with Crippen LogP contribution in [0, 0.1) is 17.8 Å². The highest BCUT2D eigenvalue weighted by atomic mass is 16.2. The van der Waals surface area contributed by atoms with Crippen molar-refractivity contribution in [1.82, 2.24) is 30.9 Å². The van der Waals surface area contributed by atoms with Crippen LogP contribution in [0.15, 0.2) is 30.3 Å². The fourth-order valence-electron chi connectivity index (χ4n) is 5.47. The second-order valence-corrected chi connectivity index (χ2v) is 11.9. The third-order valence-electron chi connectivity index (χ3n) is 7.12. The van der Waals surface area contributed by atoms with E-state index in [4.69, 9.17) is 0 Å². The Morgan fingerprint density at radius 1 is 1.11 bits per heavy atom. The Hall–Kier alpha value is -3.14. The molecule has 10 nitrogen and oxygen atoms in total.